The van der Waals surface area contributed by atoms with E-state index < -0.39 is 10.0 Å². The molecule has 0 aliphatic heterocycles. The molecule has 0 atom stereocenters. The van der Waals surface area contributed by atoms with Crippen LogP contribution in [0.1, 0.15) is 21.5 Å². The van der Waals surface area contributed by atoms with E-state index in [4.69, 9.17) is 0 Å². The topological polar surface area (TPSA) is 69.7 Å². The van der Waals surface area contributed by atoms with Crippen LogP contribution in [0.4, 0.5) is 11.4 Å². The highest BCUT2D eigenvalue weighted by Gasteiger charge is 2.22. The second-order valence-electron chi connectivity index (χ2n) is 7.58. The largest absolute Gasteiger partial charge is 0.378 e. The SMILES string of the molecule is Cc1ccc(N(C)S(=O)(=O)c2cccc(C(=O)NCc3ccc(N(C)C)cc3)c2)cc1. The van der Waals surface area contributed by atoms with Gasteiger partial charge in [0.15, 0.2) is 0 Å². The van der Waals surface area contributed by atoms with Crippen LogP contribution < -0.4 is 14.5 Å². The number of hydrogen-bond acceptors (Lipinski definition) is 4. The van der Waals surface area contributed by atoms with Crippen molar-refractivity contribution >= 4 is 27.3 Å². The molecule has 0 saturated carbocycles. The molecule has 0 fully saturated rings. The van der Waals surface area contributed by atoms with Gasteiger partial charge in [0.25, 0.3) is 15.9 Å². The lowest BCUT2D eigenvalue weighted by Gasteiger charge is -2.20. The van der Waals surface area contributed by atoms with E-state index in [9.17, 15) is 13.2 Å². The normalized spacial score (nSPS) is 11.1. The Balaban J connectivity index is 1.74. The van der Waals surface area contributed by atoms with Crippen LogP contribution in [0.3, 0.4) is 0 Å². The summed E-state index contributed by atoms with van der Waals surface area (Å²) in [7, 11) is 1.64. The number of benzene rings is 3. The maximum Gasteiger partial charge on any atom is 0.264 e. The summed E-state index contributed by atoms with van der Waals surface area (Å²) in [5.74, 6) is -0.327. The summed E-state index contributed by atoms with van der Waals surface area (Å²) >= 11 is 0. The predicted octanol–water partition coefficient (Wildman–Crippen LogP) is 3.82. The zero-order valence-electron chi connectivity index (χ0n) is 18.2. The molecule has 0 aliphatic carbocycles. The number of anilines is 2. The standard InChI is InChI=1S/C24H27N3O3S/c1-18-8-12-22(13-9-18)27(4)31(29,30)23-7-5-6-20(16-23)24(28)25-17-19-10-14-21(15-11-19)26(2)3/h5-16H,17H2,1-4H3,(H,25,28). The molecule has 0 spiro atoms. The number of carbonyl (C=O) groups excluding carboxylic acids is 1. The van der Waals surface area contributed by atoms with Gasteiger partial charge in [-0.2, -0.15) is 0 Å². The molecule has 3 aromatic carbocycles. The maximum absolute atomic E-state index is 13.0. The van der Waals surface area contributed by atoms with Gasteiger partial charge in [0.1, 0.15) is 0 Å². The minimum Gasteiger partial charge on any atom is -0.378 e. The van der Waals surface area contributed by atoms with Crippen LogP contribution in [-0.4, -0.2) is 35.5 Å². The van der Waals surface area contributed by atoms with Crippen LogP contribution in [0.25, 0.3) is 0 Å². The molecule has 0 bridgehead atoms. The Hall–Kier alpha value is -3.32. The van der Waals surface area contributed by atoms with E-state index in [-0.39, 0.29) is 10.8 Å². The molecule has 0 saturated heterocycles. The third-order valence-electron chi connectivity index (χ3n) is 5.06. The van der Waals surface area contributed by atoms with Gasteiger partial charge in [-0.05, 0) is 55.0 Å². The van der Waals surface area contributed by atoms with Crippen molar-refractivity contribution in [1.82, 2.24) is 5.32 Å². The first kappa shape index (κ1) is 22.4. The molecular formula is C24H27N3O3S. The molecule has 0 aromatic heterocycles. The average Bonchev–Trinajstić information content (AvgIpc) is 2.77. The molecule has 7 heteroatoms. The first-order chi connectivity index (χ1) is 14.7. The van der Waals surface area contributed by atoms with Crippen molar-refractivity contribution in [3.05, 3.63) is 89.5 Å². The fourth-order valence-electron chi connectivity index (χ4n) is 3.05. The molecule has 1 N–H and O–H groups in total. The van der Waals surface area contributed by atoms with Crippen molar-refractivity contribution in [2.75, 3.05) is 30.3 Å². The third kappa shape index (κ3) is 5.24. The van der Waals surface area contributed by atoms with Crippen molar-refractivity contribution in [2.45, 2.75) is 18.4 Å². The molecular weight excluding hydrogens is 410 g/mol. The van der Waals surface area contributed by atoms with Gasteiger partial charge < -0.3 is 10.2 Å². The zero-order valence-corrected chi connectivity index (χ0v) is 19.0. The number of sulfonamides is 1. The van der Waals surface area contributed by atoms with E-state index >= 15 is 0 Å². The highest BCUT2D eigenvalue weighted by molar-refractivity contribution is 7.92. The number of amides is 1. The lowest BCUT2D eigenvalue weighted by atomic mass is 10.1. The minimum atomic E-state index is -3.79. The molecule has 0 radical (unpaired) electrons. The molecule has 31 heavy (non-hydrogen) atoms. The lowest BCUT2D eigenvalue weighted by molar-refractivity contribution is 0.0950. The monoisotopic (exact) mass is 437 g/mol. The molecule has 6 nitrogen and oxygen atoms in total. The van der Waals surface area contributed by atoms with Crippen molar-refractivity contribution in [3.8, 4) is 0 Å². The number of carbonyl (C=O) groups is 1. The Morgan fingerprint density at radius 3 is 2.10 bits per heavy atom. The van der Waals surface area contributed by atoms with E-state index in [0.717, 1.165) is 16.8 Å². The summed E-state index contributed by atoms with van der Waals surface area (Å²) in [4.78, 5) is 14.7. The van der Waals surface area contributed by atoms with Gasteiger partial charge in [0.05, 0.1) is 10.6 Å². The smallest absolute Gasteiger partial charge is 0.264 e. The minimum absolute atomic E-state index is 0.0681. The van der Waals surface area contributed by atoms with E-state index in [2.05, 4.69) is 5.32 Å². The highest BCUT2D eigenvalue weighted by atomic mass is 32.2. The van der Waals surface area contributed by atoms with E-state index in [0.29, 0.717) is 17.8 Å². The first-order valence-corrected chi connectivity index (χ1v) is 11.3. The molecule has 3 aromatic rings. The van der Waals surface area contributed by atoms with Crippen LogP contribution in [0.15, 0.2) is 77.7 Å². The first-order valence-electron chi connectivity index (χ1n) is 9.88. The maximum atomic E-state index is 13.0. The Kier molecular flexibility index (Phi) is 6.65. The van der Waals surface area contributed by atoms with Crippen molar-refractivity contribution in [3.63, 3.8) is 0 Å². The Morgan fingerprint density at radius 1 is 0.871 bits per heavy atom. The Morgan fingerprint density at radius 2 is 1.48 bits per heavy atom. The van der Waals surface area contributed by atoms with E-state index in [1.54, 1.807) is 24.3 Å². The van der Waals surface area contributed by atoms with Crippen LogP contribution in [0.5, 0.6) is 0 Å². The van der Waals surface area contributed by atoms with E-state index in [1.165, 1.54) is 23.5 Å². The highest BCUT2D eigenvalue weighted by Crippen LogP contribution is 2.23. The third-order valence-corrected chi connectivity index (χ3v) is 6.84. The van der Waals surface area contributed by atoms with Crippen LogP contribution in [-0.2, 0) is 16.6 Å². The molecule has 162 valence electrons. The number of rotatable bonds is 7. The molecule has 1 amide bonds. The molecule has 0 unspecified atom stereocenters. The van der Waals surface area contributed by atoms with Crippen LogP contribution >= 0.6 is 0 Å². The fourth-order valence-corrected chi connectivity index (χ4v) is 4.29. The van der Waals surface area contributed by atoms with Gasteiger partial charge in [0, 0.05) is 38.9 Å². The van der Waals surface area contributed by atoms with Crippen molar-refractivity contribution < 1.29 is 13.2 Å². The van der Waals surface area contributed by atoms with Gasteiger partial charge in [-0.1, -0.05) is 35.9 Å². The fraction of sp³-hybridized carbons (Fsp3) is 0.208. The van der Waals surface area contributed by atoms with Crippen molar-refractivity contribution in [2.24, 2.45) is 0 Å². The second-order valence-corrected chi connectivity index (χ2v) is 9.55. The van der Waals surface area contributed by atoms with Gasteiger partial charge >= 0.3 is 0 Å². The summed E-state index contributed by atoms with van der Waals surface area (Å²) < 4.78 is 27.3. The van der Waals surface area contributed by atoms with Gasteiger partial charge in [-0.15, -0.1) is 0 Å². The number of nitrogens with zero attached hydrogens (tertiary/aromatic N) is 2. The summed E-state index contributed by atoms with van der Waals surface area (Å²) in [6.07, 6.45) is 0. The average molecular weight is 438 g/mol. The number of hydrogen-bond donors (Lipinski definition) is 1. The number of aryl methyl sites for hydroxylation is 1. The summed E-state index contributed by atoms with van der Waals surface area (Å²) in [5.41, 5.74) is 3.93. The van der Waals surface area contributed by atoms with Crippen LogP contribution in [0, 0.1) is 6.92 Å². The predicted molar refractivity (Wildman–Crippen MR) is 125 cm³/mol. The molecule has 0 aliphatic rings. The van der Waals surface area contributed by atoms with Crippen molar-refractivity contribution in [1.29, 1.82) is 0 Å². The molecule has 3 rings (SSSR count). The Bertz CT molecular complexity index is 1160. The van der Waals surface area contributed by atoms with Crippen LogP contribution in [0.2, 0.25) is 0 Å². The number of nitrogens with one attached hydrogen (secondary N) is 1. The molecule has 0 heterocycles. The van der Waals surface area contributed by atoms with Gasteiger partial charge in [0.2, 0.25) is 0 Å². The lowest BCUT2D eigenvalue weighted by Crippen LogP contribution is -2.27. The summed E-state index contributed by atoms with van der Waals surface area (Å²) in [6.45, 7) is 2.30. The summed E-state index contributed by atoms with van der Waals surface area (Å²) in [5, 5.41) is 2.85. The van der Waals surface area contributed by atoms with Gasteiger partial charge in [-0.3, -0.25) is 9.10 Å². The Labute approximate surface area is 184 Å². The second kappa shape index (κ2) is 9.22. The van der Waals surface area contributed by atoms with Gasteiger partial charge in [-0.25, -0.2) is 8.42 Å². The summed E-state index contributed by atoms with van der Waals surface area (Å²) in [6, 6.07) is 21.2. The quantitative estimate of drug-likeness (QED) is 0.610. The zero-order chi connectivity index (χ0) is 22.6. The van der Waals surface area contributed by atoms with E-state index in [1.807, 2.05) is 62.3 Å².